The quantitative estimate of drug-likeness (QED) is 0.450. The molecule has 0 radical (unpaired) electrons. The van der Waals surface area contributed by atoms with Crippen molar-refractivity contribution in [3.8, 4) is 0 Å². The molecule has 0 N–H and O–H groups in total. The van der Waals surface area contributed by atoms with Gasteiger partial charge in [-0.25, -0.2) is 4.79 Å². The number of aromatic nitrogens is 2. The number of carbonyl (C=O) groups excluding carboxylic acids is 1. The standard InChI is InChI=1S/C15H13IN2O3/c1-17-9-11(14(20)18(2)15(17)21)5-8-13(19)10-3-6-12(16)7-4-10/h3-9H,1-2H3/b8-5+. The molecule has 2 rings (SSSR count). The van der Waals surface area contributed by atoms with Crippen molar-refractivity contribution in [3.63, 3.8) is 0 Å². The monoisotopic (exact) mass is 396 g/mol. The third kappa shape index (κ3) is 3.38. The predicted molar refractivity (Wildman–Crippen MR) is 89.4 cm³/mol. The first-order valence-electron chi connectivity index (χ1n) is 6.15. The summed E-state index contributed by atoms with van der Waals surface area (Å²) in [4.78, 5) is 35.5. The Balaban J connectivity index is 2.34. The van der Waals surface area contributed by atoms with E-state index in [-0.39, 0.29) is 5.78 Å². The van der Waals surface area contributed by atoms with Gasteiger partial charge in [-0.2, -0.15) is 0 Å². The van der Waals surface area contributed by atoms with Crippen molar-refractivity contribution in [2.24, 2.45) is 14.1 Å². The number of hydrogen-bond acceptors (Lipinski definition) is 3. The average molecular weight is 396 g/mol. The van der Waals surface area contributed by atoms with Gasteiger partial charge in [-0.1, -0.05) is 12.1 Å². The van der Waals surface area contributed by atoms with Gasteiger partial charge in [-0.05, 0) is 46.9 Å². The molecule has 1 aromatic heterocycles. The second-order valence-electron chi connectivity index (χ2n) is 4.55. The molecule has 0 aliphatic heterocycles. The van der Waals surface area contributed by atoms with Crippen molar-refractivity contribution in [2.45, 2.75) is 0 Å². The van der Waals surface area contributed by atoms with Crippen LogP contribution in [0.5, 0.6) is 0 Å². The summed E-state index contributed by atoms with van der Waals surface area (Å²) < 4.78 is 3.35. The van der Waals surface area contributed by atoms with Crippen molar-refractivity contribution in [3.05, 3.63) is 72.1 Å². The predicted octanol–water partition coefficient (Wildman–Crippen LogP) is 1.58. The number of carbonyl (C=O) groups is 1. The van der Waals surface area contributed by atoms with Gasteiger partial charge in [0.2, 0.25) is 0 Å². The molecular formula is C15H13IN2O3. The largest absolute Gasteiger partial charge is 0.330 e. The number of aryl methyl sites for hydroxylation is 1. The molecule has 0 aliphatic carbocycles. The second-order valence-corrected chi connectivity index (χ2v) is 5.79. The molecule has 1 aromatic carbocycles. The van der Waals surface area contributed by atoms with Gasteiger partial charge in [0.25, 0.3) is 5.56 Å². The molecule has 0 saturated heterocycles. The average Bonchev–Trinajstić information content (AvgIpc) is 2.48. The van der Waals surface area contributed by atoms with Gasteiger partial charge in [0.1, 0.15) is 0 Å². The molecule has 0 fully saturated rings. The molecule has 108 valence electrons. The zero-order valence-corrected chi connectivity index (χ0v) is 13.7. The molecule has 21 heavy (non-hydrogen) atoms. The number of rotatable bonds is 3. The minimum Gasteiger partial charge on any atom is -0.303 e. The Labute approximate surface area is 134 Å². The van der Waals surface area contributed by atoms with Crippen LogP contribution >= 0.6 is 22.6 Å². The summed E-state index contributed by atoms with van der Waals surface area (Å²) in [6, 6.07) is 7.14. The molecule has 5 nitrogen and oxygen atoms in total. The van der Waals surface area contributed by atoms with Crippen LogP contribution in [0.2, 0.25) is 0 Å². The molecule has 0 aliphatic rings. The van der Waals surface area contributed by atoms with Crippen LogP contribution < -0.4 is 11.2 Å². The summed E-state index contributed by atoms with van der Waals surface area (Å²) in [7, 11) is 2.96. The van der Waals surface area contributed by atoms with E-state index < -0.39 is 11.2 Å². The molecule has 0 bridgehead atoms. The van der Waals surface area contributed by atoms with Gasteiger partial charge in [-0.3, -0.25) is 14.2 Å². The Morgan fingerprint density at radius 1 is 1.14 bits per heavy atom. The minimum absolute atomic E-state index is 0.192. The maximum Gasteiger partial charge on any atom is 0.330 e. The number of benzene rings is 1. The fourth-order valence-electron chi connectivity index (χ4n) is 1.83. The summed E-state index contributed by atoms with van der Waals surface area (Å²) in [5, 5.41) is 0. The van der Waals surface area contributed by atoms with E-state index >= 15 is 0 Å². The van der Waals surface area contributed by atoms with E-state index in [1.807, 2.05) is 12.1 Å². The highest BCUT2D eigenvalue weighted by Gasteiger charge is 2.05. The Bertz CT molecular complexity index is 829. The van der Waals surface area contributed by atoms with Crippen molar-refractivity contribution < 1.29 is 4.79 Å². The lowest BCUT2D eigenvalue weighted by Gasteiger charge is -2.03. The first-order chi connectivity index (χ1) is 9.90. The molecule has 0 saturated carbocycles. The fourth-order valence-corrected chi connectivity index (χ4v) is 2.19. The summed E-state index contributed by atoms with van der Waals surface area (Å²) >= 11 is 2.16. The Kier molecular flexibility index (Phi) is 4.56. The number of allylic oxidation sites excluding steroid dienone is 1. The Morgan fingerprint density at radius 3 is 2.38 bits per heavy atom. The summed E-state index contributed by atoms with van der Waals surface area (Å²) in [5.74, 6) is -0.192. The van der Waals surface area contributed by atoms with Crippen LogP contribution in [0.15, 0.2) is 46.1 Å². The SMILES string of the molecule is Cn1cc(/C=C/C(=O)c2ccc(I)cc2)c(=O)n(C)c1=O. The third-order valence-corrected chi connectivity index (χ3v) is 3.74. The van der Waals surface area contributed by atoms with Gasteiger partial charge in [0.05, 0.1) is 5.56 Å². The summed E-state index contributed by atoms with van der Waals surface area (Å²) in [5.41, 5.74) is 0.0117. The maximum atomic E-state index is 12.0. The van der Waals surface area contributed by atoms with Gasteiger partial charge in [-0.15, -0.1) is 0 Å². The molecule has 6 heteroatoms. The highest BCUT2D eigenvalue weighted by Crippen LogP contribution is 2.08. The van der Waals surface area contributed by atoms with Gasteiger partial charge in [0.15, 0.2) is 5.78 Å². The van der Waals surface area contributed by atoms with Crippen molar-refractivity contribution >= 4 is 34.5 Å². The second kappa shape index (κ2) is 6.21. The van der Waals surface area contributed by atoms with E-state index in [1.54, 1.807) is 19.2 Å². The lowest BCUT2D eigenvalue weighted by molar-refractivity contribution is 0.104. The lowest BCUT2D eigenvalue weighted by Crippen LogP contribution is -2.37. The van der Waals surface area contributed by atoms with Crippen LogP contribution in [0, 0.1) is 3.57 Å². The Hall–Kier alpha value is -1.96. The molecule has 0 spiro atoms. The number of nitrogens with zero attached hydrogens (tertiary/aromatic N) is 2. The number of hydrogen-bond donors (Lipinski definition) is 0. The number of halogens is 1. The highest BCUT2D eigenvalue weighted by molar-refractivity contribution is 14.1. The summed E-state index contributed by atoms with van der Waals surface area (Å²) in [6.07, 6.45) is 4.19. The van der Waals surface area contributed by atoms with E-state index in [4.69, 9.17) is 0 Å². The van der Waals surface area contributed by atoms with Crippen molar-refractivity contribution in [1.82, 2.24) is 9.13 Å². The van der Waals surface area contributed by atoms with Crippen LogP contribution in [-0.4, -0.2) is 14.9 Å². The molecule has 0 amide bonds. The van der Waals surface area contributed by atoms with Crippen LogP contribution in [0.4, 0.5) is 0 Å². The van der Waals surface area contributed by atoms with Gasteiger partial charge < -0.3 is 4.57 Å². The van der Waals surface area contributed by atoms with Gasteiger partial charge in [0, 0.05) is 29.4 Å². The van der Waals surface area contributed by atoms with Crippen LogP contribution in [0.3, 0.4) is 0 Å². The minimum atomic E-state index is -0.426. The van der Waals surface area contributed by atoms with Crippen LogP contribution in [-0.2, 0) is 14.1 Å². The normalized spacial score (nSPS) is 11.0. The smallest absolute Gasteiger partial charge is 0.303 e. The van der Waals surface area contributed by atoms with Crippen molar-refractivity contribution in [2.75, 3.05) is 0 Å². The topological polar surface area (TPSA) is 61.1 Å². The van der Waals surface area contributed by atoms with Crippen LogP contribution in [0.1, 0.15) is 15.9 Å². The van der Waals surface area contributed by atoms with E-state index in [0.717, 1.165) is 8.14 Å². The first kappa shape index (κ1) is 15.4. The highest BCUT2D eigenvalue weighted by atomic mass is 127. The van der Waals surface area contributed by atoms with E-state index in [0.29, 0.717) is 11.1 Å². The first-order valence-corrected chi connectivity index (χ1v) is 7.22. The molecule has 0 unspecified atom stereocenters. The molecule has 0 atom stereocenters. The van der Waals surface area contributed by atoms with E-state index in [1.165, 1.54) is 30.0 Å². The Morgan fingerprint density at radius 2 is 1.76 bits per heavy atom. The molecule has 1 heterocycles. The van der Waals surface area contributed by atoms with Crippen LogP contribution in [0.25, 0.3) is 6.08 Å². The van der Waals surface area contributed by atoms with Crippen molar-refractivity contribution in [1.29, 1.82) is 0 Å². The zero-order valence-electron chi connectivity index (χ0n) is 11.5. The van der Waals surface area contributed by atoms with Gasteiger partial charge >= 0.3 is 5.69 Å². The van der Waals surface area contributed by atoms with E-state index in [9.17, 15) is 14.4 Å². The van der Waals surface area contributed by atoms with E-state index in [2.05, 4.69) is 22.6 Å². The maximum absolute atomic E-state index is 12.0. The zero-order chi connectivity index (χ0) is 15.6. The summed E-state index contributed by atoms with van der Waals surface area (Å²) in [6.45, 7) is 0. The molecular weight excluding hydrogens is 383 g/mol. The fraction of sp³-hybridized carbons (Fsp3) is 0.133. The lowest BCUT2D eigenvalue weighted by atomic mass is 10.1. The third-order valence-electron chi connectivity index (χ3n) is 3.02. The molecule has 2 aromatic rings. The number of ketones is 1.